The molecule has 0 unspecified atom stereocenters. The van der Waals surface area contributed by atoms with E-state index in [9.17, 15) is 0 Å². The van der Waals surface area contributed by atoms with Gasteiger partial charge in [-0.3, -0.25) is 0 Å². The van der Waals surface area contributed by atoms with Crippen molar-refractivity contribution >= 4 is 11.8 Å². The first-order valence-electron chi connectivity index (χ1n) is 5.86. The highest BCUT2D eigenvalue weighted by Gasteiger charge is 2.20. The van der Waals surface area contributed by atoms with Crippen LogP contribution in [0.1, 0.15) is 24.0 Å². The largest absolute Gasteiger partial charge is 0.396 e. The quantitative estimate of drug-likeness (QED) is 0.745. The first kappa shape index (κ1) is 12.0. The van der Waals surface area contributed by atoms with Gasteiger partial charge in [-0.05, 0) is 31.4 Å². The fraction of sp³-hybridized carbons (Fsp3) is 0.538. The van der Waals surface area contributed by atoms with E-state index in [1.54, 1.807) is 11.8 Å². The number of aryl methyl sites for hydroxylation is 1. The molecule has 2 N–H and O–H groups in total. The van der Waals surface area contributed by atoms with E-state index >= 15 is 0 Å². The predicted molar refractivity (Wildman–Crippen MR) is 68.9 cm³/mol. The van der Waals surface area contributed by atoms with Crippen molar-refractivity contribution in [3.63, 3.8) is 0 Å². The average molecular weight is 237 g/mol. The fourth-order valence-electron chi connectivity index (χ4n) is 1.68. The third-order valence-corrected chi connectivity index (χ3v) is 3.82. The van der Waals surface area contributed by atoms with E-state index in [-0.39, 0.29) is 6.61 Å². The van der Waals surface area contributed by atoms with Crippen LogP contribution in [0.25, 0.3) is 0 Å². The molecule has 0 aliphatic heterocycles. The van der Waals surface area contributed by atoms with E-state index < -0.39 is 0 Å². The maximum absolute atomic E-state index is 8.86. The van der Waals surface area contributed by atoms with Gasteiger partial charge >= 0.3 is 0 Å². The molecule has 0 spiro atoms. The minimum absolute atomic E-state index is 0.244. The summed E-state index contributed by atoms with van der Waals surface area (Å²) < 4.78 is 0. The van der Waals surface area contributed by atoms with E-state index in [2.05, 4.69) is 30.4 Å². The minimum Gasteiger partial charge on any atom is -0.396 e. The van der Waals surface area contributed by atoms with Gasteiger partial charge in [0, 0.05) is 23.2 Å². The average Bonchev–Trinajstić information content (AvgIpc) is 3.09. The monoisotopic (exact) mass is 237 g/mol. The Morgan fingerprint density at radius 1 is 1.44 bits per heavy atom. The number of hydrogen-bond donors (Lipinski definition) is 2. The first-order valence-corrected chi connectivity index (χ1v) is 6.84. The summed E-state index contributed by atoms with van der Waals surface area (Å²) in [6.07, 6.45) is 2.65. The molecule has 1 saturated carbocycles. The van der Waals surface area contributed by atoms with Crippen molar-refractivity contribution in [3.8, 4) is 0 Å². The molecule has 0 saturated heterocycles. The Hall–Kier alpha value is -0.510. The molecule has 0 bridgehead atoms. The number of benzene rings is 1. The molecule has 1 aliphatic carbocycles. The highest BCUT2D eigenvalue weighted by Crippen LogP contribution is 2.25. The van der Waals surface area contributed by atoms with E-state index in [1.165, 1.54) is 28.9 Å². The zero-order chi connectivity index (χ0) is 11.4. The molecule has 2 rings (SSSR count). The van der Waals surface area contributed by atoms with E-state index in [1.807, 2.05) is 0 Å². The van der Waals surface area contributed by atoms with Gasteiger partial charge in [-0.15, -0.1) is 11.8 Å². The van der Waals surface area contributed by atoms with Crippen LogP contribution in [0.3, 0.4) is 0 Å². The van der Waals surface area contributed by atoms with Crippen LogP contribution in [0, 0.1) is 6.92 Å². The molecule has 3 heteroatoms. The van der Waals surface area contributed by atoms with Crippen molar-refractivity contribution in [3.05, 3.63) is 29.3 Å². The van der Waals surface area contributed by atoms with E-state index in [0.29, 0.717) is 0 Å². The van der Waals surface area contributed by atoms with Gasteiger partial charge in [0.1, 0.15) is 0 Å². The van der Waals surface area contributed by atoms with Gasteiger partial charge in [-0.1, -0.05) is 17.7 Å². The number of aliphatic hydroxyl groups excluding tert-OH is 1. The molecule has 0 aromatic heterocycles. The lowest BCUT2D eigenvalue weighted by molar-refractivity contribution is 0.322. The molecule has 1 fully saturated rings. The van der Waals surface area contributed by atoms with Gasteiger partial charge in [0.25, 0.3) is 0 Å². The van der Waals surface area contributed by atoms with Crippen LogP contribution in [-0.4, -0.2) is 23.5 Å². The van der Waals surface area contributed by atoms with Crippen molar-refractivity contribution in [1.29, 1.82) is 0 Å². The fourth-order valence-corrected chi connectivity index (χ4v) is 2.48. The summed E-state index contributed by atoms with van der Waals surface area (Å²) in [7, 11) is 0. The van der Waals surface area contributed by atoms with Gasteiger partial charge < -0.3 is 10.4 Å². The Morgan fingerprint density at radius 3 is 2.94 bits per heavy atom. The number of rotatable bonds is 6. The molecule has 0 atom stereocenters. The molecule has 88 valence electrons. The zero-order valence-electron chi connectivity index (χ0n) is 9.70. The minimum atomic E-state index is 0.244. The third kappa shape index (κ3) is 3.51. The number of thioether (sulfide) groups is 1. The second kappa shape index (κ2) is 5.71. The van der Waals surface area contributed by atoms with E-state index in [4.69, 9.17) is 5.11 Å². The summed E-state index contributed by atoms with van der Waals surface area (Å²) in [5.41, 5.74) is 2.67. The molecule has 16 heavy (non-hydrogen) atoms. The Morgan fingerprint density at radius 2 is 2.25 bits per heavy atom. The van der Waals surface area contributed by atoms with Crippen molar-refractivity contribution in [2.75, 3.05) is 12.4 Å². The Kier molecular flexibility index (Phi) is 4.27. The number of hydrogen-bond acceptors (Lipinski definition) is 3. The third-order valence-electron chi connectivity index (χ3n) is 2.72. The second-order valence-corrected chi connectivity index (χ2v) is 5.48. The molecule has 0 radical (unpaired) electrons. The molecule has 0 heterocycles. The second-order valence-electron chi connectivity index (χ2n) is 4.34. The highest BCUT2D eigenvalue weighted by molar-refractivity contribution is 7.99. The lowest BCUT2D eigenvalue weighted by Gasteiger charge is -2.10. The van der Waals surface area contributed by atoms with Crippen LogP contribution in [0.2, 0.25) is 0 Å². The van der Waals surface area contributed by atoms with E-state index in [0.717, 1.165) is 18.3 Å². The van der Waals surface area contributed by atoms with Crippen molar-refractivity contribution in [2.24, 2.45) is 0 Å². The number of nitrogens with one attached hydrogen (secondary N) is 1. The predicted octanol–water partition coefficient (Wildman–Crippen LogP) is 2.33. The summed E-state index contributed by atoms with van der Waals surface area (Å²) in [6.45, 7) is 3.33. The lowest BCUT2D eigenvalue weighted by atomic mass is 10.1. The van der Waals surface area contributed by atoms with Crippen molar-refractivity contribution < 1.29 is 5.11 Å². The molecule has 1 aromatic rings. The maximum atomic E-state index is 8.86. The Bertz CT molecular complexity index is 350. The van der Waals surface area contributed by atoms with Crippen LogP contribution in [0.5, 0.6) is 0 Å². The maximum Gasteiger partial charge on any atom is 0.0525 e. The van der Waals surface area contributed by atoms with Crippen LogP contribution in [0.4, 0.5) is 0 Å². The summed E-state index contributed by atoms with van der Waals surface area (Å²) in [5, 5.41) is 12.4. The van der Waals surface area contributed by atoms with Gasteiger partial charge in [0.15, 0.2) is 0 Å². The molecular weight excluding hydrogens is 218 g/mol. The standard InChI is InChI=1S/C13H19NOS/c1-10-2-5-13(16-7-6-15)11(8-10)9-14-12-3-4-12/h2,5,8,12,14-15H,3-4,6-7,9H2,1H3. The first-order chi connectivity index (χ1) is 7.79. The SMILES string of the molecule is Cc1ccc(SCCO)c(CNC2CC2)c1. The normalized spacial score (nSPS) is 15.4. The van der Waals surface area contributed by atoms with Crippen LogP contribution in [0.15, 0.2) is 23.1 Å². The highest BCUT2D eigenvalue weighted by atomic mass is 32.2. The van der Waals surface area contributed by atoms with Crippen LogP contribution < -0.4 is 5.32 Å². The summed E-state index contributed by atoms with van der Waals surface area (Å²) in [4.78, 5) is 1.30. The topological polar surface area (TPSA) is 32.3 Å². The molecule has 2 nitrogen and oxygen atoms in total. The zero-order valence-corrected chi connectivity index (χ0v) is 10.5. The van der Waals surface area contributed by atoms with Gasteiger partial charge in [-0.2, -0.15) is 0 Å². The molecular formula is C13H19NOS. The number of aliphatic hydroxyl groups is 1. The van der Waals surface area contributed by atoms with Gasteiger partial charge in [-0.25, -0.2) is 0 Å². The van der Waals surface area contributed by atoms with Crippen molar-refractivity contribution in [1.82, 2.24) is 5.32 Å². The lowest BCUT2D eigenvalue weighted by Crippen LogP contribution is -2.16. The summed E-state index contributed by atoms with van der Waals surface area (Å²) >= 11 is 1.74. The molecule has 1 aromatic carbocycles. The Labute approximate surface area is 101 Å². The van der Waals surface area contributed by atoms with Crippen LogP contribution in [-0.2, 0) is 6.54 Å². The van der Waals surface area contributed by atoms with Gasteiger partial charge in [0.2, 0.25) is 0 Å². The summed E-state index contributed by atoms with van der Waals surface area (Å²) in [6, 6.07) is 7.30. The molecule has 0 amide bonds. The summed E-state index contributed by atoms with van der Waals surface area (Å²) in [5.74, 6) is 0.777. The van der Waals surface area contributed by atoms with Crippen molar-refractivity contribution in [2.45, 2.75) is 37.2 Å². The van der Waals surface area contributed by atoms with Gasteiger partial charge in [0.05, 0.1) is 6.61 Å². The molecule has 1 aliphatic rings. The smallest absolute Gasteiger partial charge is 0.0525 e. The Balaban J connectivity index is 2.01. The van der Waals surface area contributed by atoms with Crippen LogP contribution >= 0.6 is 11.8 Å².